The molecule has 0 radical (unpaired) electrons. The predicted molar refractivity (Wildman–Crippen MR) is 115 cm³/mol. The molecule has 0 saturated carbocycles. The zero-order chi connectivity index (χ0) is 20.4. The maximum atomic E-state index is 12.8. The molecule has 3 aliphatic rings. The van der Waals surface area contributed by atoms with Crippen molar-refractivity contribution in [3.05, 3.63) is 35.4 Å². The minimum Gasteiger partial charge on any atom is -0.343 e. The number of carbonyl (C=O) groups excluding carboxylic acids is 2. The van der Waals surface area contributed by atoms with Crippen molar-refractivity contribution in [2.75, 3.05) is 39.3 Å². The Bertz CT molecular complexity index is 744. The first-order chi connectivity index (χ1) is 14.1. The number of hydrogen-bond donors (Lipinski definition) is 0. The molecule has 1 spiro atoms. The van der Waals surface area contributed by atoms with Crippen molar-refractivity contribution in [3.8, 4) is 0 Å². The lowest BCUT2D eigenvalue weighted by molar-refractivity contribution is -0.131. The van der Waals surface area contributed by atoms with Gasteiger partial charge in [-0.2, -0.15) is 0 Å². The number of amides is 3. The van der Waals surface area contributed by atoms with E-state index in [-0.39, 0.29) is 17.4 Å². The first kappa shape index (κ1) is 20.2. The van der Waals surface area contributed by atoms with Crippen molar-refractivity contribution in [3.63, 3.8) is 0 Å². The molecular formula is C24H35N3O2. The lowest BCUT2D eigenvalue weighted by Crippen LogP contribution is -2.49. The Balaban J connectivity index is 1.47. The van der Waals surface area contributed by atoms with E-state index < -0.39 is 0 Å². The Morgan fingerprint density at radius 3 is 2.28 bits per heavy atom. The summed E-state index contributed by atoms with van der Waals surface area (Å²) in [4.78, 5) is 31.6. The third kappa shape index (κ3) is 3.76. The molecule has 1 atom stereocenters. The summed E-state index contributed by atoms with van der Waals surface area (Å²) in [6.45, 7) is 9.17. The van der Waals surface area contributed by atoms with E-state index >= 15 is 0 Å². The van der Waals surface area contributed by atoms with Crippen LogP contribution in [-0.2, 0) is 10.2 Å². The zero-order valence-electron chi connectivity index (χ0n) is 18.0. The van der Waals surface area contributed by atoms with Crippen LogP contribution >= 0.6 is 0 Å². The van der Waals surface area contributed by atoms with Gasteiger partial charge in [0.25, 0.3) is 0 Å². The van der Waals surface area contributed by atoms with E-state index in [0.29, 0.717) is 12.3 Å². The summed E-state index contributed by atoms with van der Waals surface area (Å²) in [6.07, 6.45) is 5.96. The maximum absolute atomic E-state index is 12.8. The van der Waals surface area contributed by atoms with Crippen molar-refractivity contribution in [1.82, 2.24) is 14.7 Å². The first-order valence-corrected chi connectivity index (χ1v) is 11.5. The van der Waals surface area contributed by atoms with Crippen LogP contribution in [0.15, 0.2) is 24.3 Å². The lowest BCUT2D eigenvalue weighted by atomic mass is 9.73. The number of hydrogen-bond acceptors (Lipinski definition) is 2. The van der Waals surface area contributed by atoms with Crippen LogP contribution in [0.5, 0.6) is 0 Å². The Hall–Kier alpha value is -2.04. The molecule has 2 saturated heterocycles. The van der Waals surface area contributed by atoms with Gasteiger partial charge in [-0.15, -0.1) is 0 Å². The van der Waals surface area contributed by atoms with Crippen LogP contribution < -0.4 is 0 Å². The van der Waals surface area contributed by atoms with Crippen LogP contribution in [-0.4, -0.2) is 65.9 Å². The van der Waals surface area contributed by atoms with Crippen molar-refractivity contribution >= 4 is 11.9 Å². The van der Waals surface area contributed by atoms with Crippen LogP contribution in [0.25, 0.3) is 0 Å². The zero-order valence-corrected chi connectivity index (χ0v) is 18.0. The number of benzene rings is 1. The quantitative estimate of drug-likeness (QED) is 0.771. The van der Waals surface area contributed by atoms with E-state index in [2.05, 4.69) is 43.0 Å². The molecule has 2 aliphatic heterocycles. The topological polar surface area (TPSA) is 43.9 Å². The van der Waals surface area contributed by atoms with Crippen LogP contribution in [0, 0.1) is 0 Å². The molecule has 29 heavy (non-hydrogen) atoms. The Kier molecular flexibility index (Phi) is 5.84. The van der Waals surface area contributed by atoms with Gasteiger partial charge in [-0.05, 0) is 68.4 Å². The minimum atomic E-state index is 0.132. The third-order valence-corrected chi connectivity index (χ3v) is 7.51. The van der Waals surface area contributed by atoms with Gasteiger partial charge >= 0.3 is 6.03 Å². The van der Waals surface area contributed by atoms with Crippen LogP contribution in [0.1, 0.15) is 69.4 Å². The number of carbonyl (C=O) groups is 2. The van der Waals surface area contributed by atoms with Gasteiger partial charge in [-0.3, -0.25) is 4.79 Å². The molecule has 3 amide bonds. The second kappa shape index (κ2) is 8.37. The molecular weight excluding hydrogens is 362 g/mol. The highest BCUT2D eigenvalue weighted by Crippen LogP contribution is 2.52. The SMILES string of the molecule is CCN(CC)C(=O)C[C@@H]1CC2(CCN(C(=O)N3CCCC3)CC2)c2ccccc21. The predicted octanol–water partition coefficient (Wildman–Crippen LogP) is 3.98. The average Bonchev–Trinajstić information content (AvgIpc) is 3.37. The summed E-state index contributed by atoms with van der Waals surface area (Å²) < 4.78 is 0. The second-order valence-corrected chi connectivity index (χ2v) is 9.00. The molecule has 4 rings (SSSR count). The van der Waals surface area contributed by atoms with Gasteiger partial charge in [0.05, 0.1) is 0 Å². The number of likely N-dealkylation sites (tertiary alicyclic amines) is 2. The molecule has 1 aromatic rings. The molecule has 1 aliphatic carbocycles. The largest absolute Gasteiger partial charge is 0.343 e. The lowest BCUT2D eigenvalue weighted by Gasteiger charge is -2.41. The second-order valence-electron chi connectivity index (χ2n) is 9.00. The summed E-state index contributed by atoms with van der Waals surface area (Å²) in [7, 11) is 0. The molecule has 2 heterocycles. The number of rotatable bonds is 4. The summed E-state index contributed by atoms with van der Waals surface area (Å²) in [6, 6.07) is 8.98. The van der Waals surface area contributed by atoms with E-state index in [1.54, 1.807) is 0 Å². The third-order valence-electron chi connectivity index (χ3n) is 7.51. The number of fused-ring (bicyclic) bond motifs is 2. The van der Waals surface area contributed by atoms with Gasteiger partial charge in [-0.1, -0.05) is 24.3 Å². The van der Waals surface area contributed by atoms with Crippen molar-refractivity contribution < 1.29 is 9.59 Å². The number of urea groups is 1. The van der Waals surface area contributed by atoms with E-state index in [1.807, 2.05) is 9.80 Å². The molecule has 0 bridgehead atoms. The van der Waals surface area contributed by atoms with Crippen LogP contribution in [0.4, 0.5) is 4.79 Å². The van der Waals surface area contributed by atoms with Gasteiger partial charge in [0, 0.05) is 45.7 Å². The number of nitrogens with zero attached hydrogens (tertiary/aromatic N) is 3. The number of piperidine rings is 1. The van der Waals surface area contributed by atoms with E-state index in [1.165, 1.54) is 11.1 Å². The summed E-state index contributed by atoms with van der Waals surface area (Å²) in [5.41, 5.74) is 2.94. The Morgan fingerprint density at radius 2 is 1.62 bits per heavy atom. The molecule has 0 unspecified atom stereocenters. The molecule has 2 fully saturated rings. The van der Waals surface area contributed by atoms with E-state index in [9.17, 15) is 9.59 Å². The van der Waals surface area contributed by atoms with Gasteiger partial charge < -0.3 is 14.7 Å². The fourth-order valence-electron chi connectivity index (χ4n) is 5.83. The van der Waals surface area contributed by atoms with Gasteiger partial charge in [0.2, 0.25) is 5.91 Å². The smallest absolute Gasteiger partial charge is 0.319 e. The van der Waals surface area contributed by atoms with Crippen molar-refractivity contribution in [2.24, 2.45) is 0 Å². The first-order valence-electron chi connectivity index (χ1n) is 11.5. The highest BCUT2D eigenvalue weighted by molar-refractivity contribution is 5.77. The molecule has 5 heteroatoms. The summed E-state index contributed by atoms with van der Waals surface area (Å²) >= 11 is 0. The summed E-state index contributed by atoms with van der Waals surface area (Å²) in [5.74, 6) is 0.577. The van der Waals surface area contributed by atoms with E-state index in [0.717, 1.165) is 71.4 Å². The molecule has 5 nitrogen and oxygen atoms in total. The standard InChI is InChI=1S/C24H35N3O2/c1-3-25(4-2)22(28)17-19-18-24(21-10-6-5-9-20(19)21)11-15-27(16-12-24)23(29)26-13-7-8-14-26/h5-6,9-10,19H,3-4,7-8,11-18H2,1-2H3/t19-/m1/s1. The fourth-order valence-corrected chi connectivity index (χ4v) is 5.83. The molecule has 0 N–H and O–H groups in total. The maximum Gasteiger partial charge on any atom is 0.319 e. The average molecular weight is 398 g/mol. The van der Waals surface area contributed by atoms with Crippen LogP contribution in [0.2, 0.25) is 0 Å². The Labute approximate surface area is 175 Å². The normalized spacial score (nSPS) is 22.8. The van der Waals surface area contributed by atoms with Crippen molar-refractivity contribution in [2.45, 2.75) is 63.7 Å². The molecule has 0 aromatic heterocycles. The Morgan fingerprint density at radius 1 is 1.00 bits per heavy atom. The van der Waals surface area contributed by atoms with E-state index in [4.69, 9.17) is 0 Å². The highest BCUT2D eigenvalue weighted by atomic mass is 16.2. The van der Waals surface area contributed by atoms with Crippen LogP contribution in [0.3, 0.4) is 0 Å². The van der Waals surface area contributed by atoms with Gasteiger partial charge in [-0.25, -0.2) is 4.79 Å². The summed E-state index contributed by atoms with van der Waals surface area (Å²) in [5, 5.41) is 0. The van der Waals surface area contributed by atoms with Crippen molar-refractivity contribution in [1.29, 1.82) is 0 Å². The monoisotopic (exact) mass is 397 g/mol. The molecule has 158 valence electrons. The van der Waals surface area contributed by atoms with Gasteiger partial charge in [0.1, 0.15) is 0 Å². The minimum absolute atomic E-state index is 0.132. The van der Waals surface area contributed by atoms with Gasteiger partial charge in [0.15, 0.2) is 0 Å². The fraction of sp³-hybridized carbons (Fsp3) is 0.667. The highest BCUT2D eigenvalue weighted by Gasteiger charge is 2.46. The molecule has 1 aromatic carbocycles.